The Bertz CT molecular complexity index is 1050. The van der Waals surface area contributed by atoms with Gasteiger partial charge in [0.05, 0.1) is 5.56 Å². The van der Waals surface area contributed by atoms with E-state index >= 15 is 0 Å². The molecule has 0 saturated heterocycles. The number of carbonyl (C=O) groups is 5. The Hall–Kier alpha value is -4.43. The van der Waals surface area contributed by atoms with Gasteiger partial charge in [-0.2, -0.15) is 0 Å². The van der Waals surface area contributed by atoms with Gasteiger partial charge in [0.2, 0.25) is 23.6 Å². The molecule has 0 aliphatic rings. The summed E-state index contributed by atoms with van der Waals surface area (Å²) < 4.78 is 13.4. The number of phenols is 1. The van der Waals surface area contributed by atoms with Crippen LogP contribution in [0.5, 0.6) is 5.75 Å². The van der Waals surface area contributed by atoms with Crippen molar-refractivity contribution < 1.29 is 33.5 Å². The Kier molecular flexibility index (Phi) is 11.7. The van der Waals surface area contributed by atoms with Gasteiger partial charge in [-0.25, -0.2) is 4.39 Å². The highest BCUT2D eigenvalue weighted by Gasteiger charge is 2.27. The lowest BCUT2D eigenvalue weighted by Crippen LogP contribution is -2.56. The monoisotopic (exact) mass is 524 g/mol. The maximum absolute atomic E-state index is 13.4. The smallest absolute Gasteiger partial charge is 0.255 e. The van der Waals surface area contributed by atoms with E-state index < -0.39 is 65.3 Å². The third kappa shape index (κ3) is 10.4. The molecule has 0 spiro atoms. The van der Waals surface area contributed by atoms with Gasteiger partial charge < -0.3 is 43.6 Å². The van der Waals surface area contributed by atoms with Crippen molar-refractivity contribution in [2.75, 3.05) is 6.54 Å². The molecule has 0 aromatic heterocycles. The first-order valence-electron chi connectivity index (χ1n) is 11.3. The van der Waals surface area contributed by atoms with Crippen molar-refractivity contribution in [3.8, 4) is 5.75 Å². The molecule has 204 valence electrons. The van der Waals surface area contributed by atoms with Gasteiger partial charge in [-0.1, -0.05) is 0 Å². The van der Waals surface area contributed by atoms with E-state index in [1.54, 1.807) is 0 Å². The molecule has 0 fully saturated rings. The number of rotatable bonds is 13. The summed E-state index contributed by atoms with van der Waals surface area (Å²) in [6, 6.07) is -1.64. The van der Waals surface area contributed by atoms with Gasteiger partial charge in [0.15, 0.2) is 5.96 Å². The molecule has 11 N–H and O–H groups in total. The zero-order chi connectivity index (χ0) is 28.3. The number of phenolic OH excluding ortho intramolecular Hbond substituents is 1. The summed E-state index contributed by atoms with van der Waals surface area (Å²) in [7, 11) is 0. The van der Waals surface area contributed by atoms with Crippen LogP contribution in [0.25, 0.3) is 0 Å². The van der Waals surface area contributed by atoms with Gasteiger partial charge >= 0.3 is 0 Å². The molecule has 0 aliphatic carbocycles. The largest absolute Gasteiger partial charge is 0.507 e. The number of aromatic hydroxyl groups is 1. The van der Waals surface area contributed by atoms with Gasteiger partial charge in [0.1, 0.15) is 35.7 Å². The fourth-order valence-corrected chi connectivity index (χ4v) is 2.89. The lowest BCUT2D eigenvalue weighted by atomic mass is 10.1. The van der Waals surface area contributed by atoms with E-state index in [4.69, 9.17) is 17.2 Å². The standard InChI is InChI=1S/C22H33FN8O6/c1-10(17(24)33)28-18(34)11(2)30-21(37)15(5-4-8-27-22(25)26)31-19(35)12(3)29-20(36)14-9-13(23)6-7-16(14)32/h6-7,9-12,15,32H,4-5,8H2,1-3H3,(H2,24,33)(H,28,34)(H,29,36)(H,30,37)(H,31,35)(H4,25,26,27)/t10-,11-,12-,15-/m0/s1. The van der Waals surface area contributed by atoms with Gasteiger partial charge in [0, 0.05) is 6.54 Å². The number of nitrogens with one attached hydrogen (secondary N) is 4. The number of hydrogen-bond acceptors (Lipinski definition) is 7. The van der Waals surface area contributed by atoms with Crippen molar-refractivity contribution in [1.82, 2.24) is 21.3 Å². The summed E-state index contributed by atoms with van der Waals surface area (Å²) in [6.07, 6.45) is 0.333. The number of nitrogens with zero attached hydrogens (tertiary/aromatic N) is 1. The predicted octanol–water partition coefficient (Wildman–Crippen LogP) is -2.32. The van der Waals surface area contributed by atoms with Crippen molar-refractivity contribution >= 4 is 35.5 Å². The van der Waals surface area contributed by atoms with E-state index in [-0.39, 0.29) is 30.9 Å². The van der Waals surface area contributed by atoms with Gasteiger partial charge in [-0.05, 0) is 51.8 Å². The van der Waals surface area contributed by atoms with Crippen molar-refractivity contribution in [2.24, 2.45) is 22.2 Å². The fourth-order valence-electron chi connectivity index (χ4n) is 2.89. The molecule has 1 rings (SSSR count). The van der Waals surface area contributed by atoms with Crippen LogP contribution in [-0.4, -0.2) is 71.3 Å². The van der Waals surface area contributed by atoms with Crippen LogP contribution in [0.15, 0.2) is 23.2 Å². The lowest BCUT2D eigenvalue weighted by Gasteiger charge is -2.23. The minimum absolute atomic E-state index is 0.0612. The van der Waals surface area contributed by atoms with E-state index in [9.17, 15) is 33.5 Å². The molecular weight excluding hydrogens is 491 g/mol. The number of benzene rings is 1. The number of nitrogens with two attached hydrogens (primary N) is 3. The Morgan fingerprint density at radius 1 is 0.892 bits per heavy atom. The Morgan fingerprint density at radius 3 is 2.05 bits per heavy atom. The topological polar surface area (TPSA) is 244 Å². The number of aliphatic imine (C=N–C) groups is 1. The fraction of sp³-hybridized carbons (Fsp3) is 0.455. The molecule has 0 heterocycles. The molecule has 37 heavy (non-hydrogen) atoms. The second-order valence-corrected chi connectivity index (χ2v) is 8.23. The van der Waals surface area contributed by atoms with Crippen LogP contribution in [0.4, 0.5) is 4.39 Å². The van der Waals surface area contributed by atoms with E-state index in [1.807, 2.05) is 0 Å². The minimum Gasteiger partial charge on any atom is -0.507 e. The SMILES string of the molecule is C[C@H](NC(=O)[C@H](C)NC(=O)[C@H](CCCN=C(N)N)NC(=O)[C@H](C)NC(=O)c1cc(F)ccc1O)C(N)=O. The van der Waals surface area contributed by atoms with Crippen molar-refractivity contribution in [1.29, 1.82) is 0 Å². The van der Waals surface area contributed by atoms with Crippen LogP contribution < -0.4 is 38.5 Å². The number of guanidine groups is 1. The maximum atomic E-state index is 13.4. The summed E-state index contributed by atoms with van der Waals surface area (Å²) in [4.78, 5) is 65.1. The zero-order valence-corrected chi connectivity index (χ0v) is 20.7. The first-order chi connectivity index (χ1) is 17.2. The normalized spacial score (nSPS) is 13.7. The van der Waals surface area contributed by atoms with Gasteiger partial charge in [0.25, 0.3) is 5.91 Å². The van der Waals surface area contributed by atoms with Gasteiger partial charge in [-0.15, -0.1) is 0 Å². The van der Waals surface area contributed by atoms with Crippen LogP contribution in [0.3, 0.4) is 0 Å². The third-order valence-corrected chi connectivity index (χ3v) is 5.06. The number of amides is 5. The van der Waals surface area contributed by atoms with Crippen LogP contribution in [0.2, 0.25) is 0 Å². The number of halogens is 1. The summed E-state index contributed by atoms with van der Waals surface area (Å²) >= 11 is 0. The average Bonchev–Trinajstić information content (AvgIpc) is 2.81. The predicted molar refractivity (Wildman–Crippen MR) is 131 cm³/mol. The highest BCUT2D eigenvalue weighted by molar-refractivity contribution is 6.00. The molecule has 15 heteroatoms. The minimum atomic E-state index is -1.19. The van der Waals surface area contributed by atoms with E-state index in [0.29, 0.717) is 0 Å². The van der Waals surface area contributed by atoms with Crippen LogP contribution in [0, 0.1) is 5.82 Å². The van der Waals surface area contributed by atoms with E-state index in [0.717, 1.165) is 18.2 Å². The van der Waals surface area contributed by atoms with Crippen molar-refractivity contribution in [2.45, 2.75) is 57.8 Å². The zero-order valence-electron chi connectivity index (χ0n) is 20.7. The van der Waals surface area contributed by atoms with Crippen molar-refractivity contribution in [3.63, 3.8) is 0 Å². The Balaban J connectivity index is 2.89. The van der Waals surface area contributed by atoms with Crippen LogP contribution in [0.1, 0.15) is 44.0 Å². The van der Waals surface area contributed by atoms with E-state index in [1.165, 1.54) is 20.8 Å². The Morgan fingerprint density at radius 2 is 1.46 bits per heavy atom. The highest BCUT2D eigenvalue weighted by Crippen LogP contribution is 2.17. The number of carbonyl (C=O) groups excluding carboxylic acids is 5. The summed E-state index contributed by atoms with van der Waals surface area (Å²) in [5.41, 5.74) is 15.3. The molecule has 0 radical (unpaired) electrons. The number of primary amides is 1. The maximum Gasteiger partial charge on any atom is 0.255 e. The van der Waals surface area contributed by atoms with Crippen molar-refractivity contribution in [3.05, 3.63) is 29.6 Å². The summed E-state index contributed by atoms with van der Waals surface area (Å²) in [5.74, 6) is -5.26. The first kappa shape index (κ1) is 30.6. The number of hydrogen-bond donors (Lipinski definition) is 8. The molecular formula is C22H33FN8O6. The molecule has 0 bridgehead atoms. The molecule has 14 nitrogen and oxygen atoms in total. The quantitative estimate of drug-likeness (QED) is 0.0789. The Labute approximate surface area is 212 Å². The first-order valence-corrected chi connectivity index (χ1v) is 11.3. The second-order valence-electron chi connectivity index (χ2n) is 8.23. The summed E-state index contributed by atoms with van der Waals surface area (Å²) in [5, 5.41) is 19.3. The van der Waals surface area contributed by atoms with E-state index in [2.05, 4.69) is 26.3 Å². The van der Waals surface area contributed by atoms with Crippen LogP contribution >= 0.6 is 0 Å². The molecule has 0 aliphatic heterocycles. The molecule has 4 atom stereocenters. The molecule has 1 aromatic carbocycles. The molecule has 1 aromatic rings. The molecule has 5 amide bonds. The molecule has 0 unspecified atom stereocenters. The highest BCUT2D eigenvalue weighted by atomic mass is 19.1. The van der Waals surface area contributed by atoms with Crippen LogP contribution in [-0.2, 0) is 19.2 Å². The average molecular weight is 525 g/mol. The third-order valence-electron chi connectivity index (χ3n) is 5.06. The lowest BCUT2D eigenvalue weighted by molar-refractivity contribution is -0.133. The molecule has 0 saturated carbocycles. The second kappa shape index (κ2) is 14.2. The summed E-state index contributed by atoms with van der Waals surface area (Å²) in [6.45, 7) is 4.22. The van der Waals surface area contributed by atoms with Gasteiger partial charge in [-0.3, -0.25) is 29.0 Å².